The van der Waals surface area contributed by atoms with E-state index in [1.165, 1.54) is 0 Å². The van der Waals surface area contributed by atoms with Gasteiger partial charge in [-0.15, -0.1) is 0 Å². The van der Waals surface area contributed by atoms with Gasteiger partial charge in [0, 0.05) is 13.7 Å². The van der Waals surface area contributed by atoms with E-state index in [0.29, 0.717) is 13.0 Å². The molecule has 1 rings (SSSR count). The molecular formula is C8H15F2NO2. The number of halogens is 2. The zero-order chi connectivity index (χ0) is 9.84. The molecule has 1 heterocycles. The second kappa shape index (κ2) is 4.83. The van der Waals surface area contributed by atoms with E-state index >= 15 is 0 Å². The van der Waals surface area contributed by atoms with Crippen molar-refractivity contribution >= 4 is 0 Å². The van der Waals surface area contributed by atoms with Crippen molar-refractivity contribution < 1.29 is 18.3 Å². The van der Waals surface area contributed by atoms with Gasteiger partial charge in [-0.3, -0.25) is 4.90 Å². The summed E-state index contributed by atoms with van der Waals surface area (Å²) < 4.78 is 33.3. The van der Waals surface area contributed by atoms with Gasteiger partial charge in [0.05, 0.1) is 18.8 Å². The molecule has 0 aromatic carbocycles. The number of likely N-dealkylation sites (tertiary alicyclic amines) is 1. The van der Waals surface area contributed by atoms with Crippen LogP contribution in [0, 0.1) is 0 Å². The molecule has 0 aromatic heterocycles. The van der Waals surface area contributed by atoms with Gasteiger partial charge in [0.15, 0.2) is 0 Å². The predicted molar refractivity (Wildman–Crippen MR) is 43.8 cm³/mol. The second-order valence-electron chi connectivity index (χ2n) is 3.23. The number of ether oxygens (including phenoxy) is 2. The third kappa shape index (κ3) is 2.86. The highest BCUT2D eigenvalue weighted by atomic mass is 19.3. The third-order valence-corrected chi connectivity index (χ3v) is 2.38. The minimum atomic E-state index is -2.68. The number of likely N-dealkylation sites (N-methyl/N-ethyl adjacent to an activating group) is 1. The standard InChI is InChI=1S/C8H15F2NO2/c1-11-4-3-7(13-8(9)10)6(11)5-12-2/h6-8H,3-5H2,1-2H3/t6-,7+/m1/s1. The monoisotopic (exact) mass is 195 g/mol. The number of alkyl halides is 2. The summed E-state index contributed by atoms with van der Waals surface area (Å²) in [6.45, 7) is -1.46. The molecule has 1 aliphatic heterocycles. The maximum absolute atomic E-state index is 11.9. The summed E-state index contributed by atoms with van der Waals surface area (Å²) >= 11 is 0. The molecule has 0 aromatic rings. The first-order valence-electron chi connectivity index (χ1n) is 4.28. The maximum Gasteiger partial charge on any atom is 0.345 e. The second-order valence-corrected chi connectivity index (χ2v) is 3.23. The molecule has 0 unspecified atom stereocenters. The van der Waals surface area contributed by atoms with Gasteiger partial charge in [-0.2, -0.15) is 8.78 Å². The minimum Gasteiger partial charge on any atom is -0.383 e. The summed E-state index contributed by atoms with van der Waals surface area (Å²) in [4.78, 5) is 1.98. The molecule has 0 saturated carbocycles. The Morgan fingerprint density at radius 1 is 1.54 bits per heavy atom. The summed E-state index contributed by atoms with van der Waals surface area (Å²) in [5.74, 6) is 0. The molecule has 0 bridgehead atoms. The fraction of sp³-hybridized carbons (Fsp3) is 1.00. The van der Waals surface area contributed by atoms with E-state index in [1.54, 1.807) is 7.11 Å². The van der Waals surface area contributed by atoms with Crippen LogP contribution in [0.5, 0.6) is 0 Å². The van der Waals surface area contributed by atoms with Gasteiger partial charge in [0.25, 0.3) is 0 Å². The highest BCUT2D eigenvalue weighted by molar-refractivity contribution is 4.85. The Morgan fingerprint density at radius 3 is 2.77 bits per heavy atom. The van der Waals surface area contributed by atoms with Gasteiger partial charge < -0.3 is 9.47 Å². The van der Waals surface area contributed by atoms with Gasteiger partial charge in [-0.25, -0.2) is 0 Å². The van der Waals surface area contributed by atoms with Crippen molar-refractivity contribution in [1.82, 2.24) is 4.90 Å². The number of hydrogen-bond acceptors (Lipinski definition) is 3. The van der Waals surface area contributed by atoms with Gasteiger partial charge in [-0.05, 0) is 13.5 Å². The molecule has 2 atom stereocenters. The quantitative estimate of drug-likeness (QED) is 0.666. The van der Waals surface area contributed by atoms with Crippen LogP contribution in [-0.2, 0) is 9.47 Å². The Morgan fingerprint density at radius 2 is 2.23 bits per heavy atom. The van der Waals surface area contributed by atoms with Crippen LogP contribution in [0.2, 0.25) is 0 Å². The van der Waals surface area contributed by atoms with Crippen LogP contribution in [0.25, 0.3) is 0 Å². The molecule has 1 aliphatic rings. The fourth-order valence-corrected chi connectivity index (χ4v) is 1.67. The van der Waals surface area contributed by atoms with Gasteiger partial charge in [-0.1, -0.05) is 0 Å². The van der Waals surface area contributed by atoms with E-state index in [9.17, 15) is 8.78 Å². The summed E-state index contributed by atoms with van der Waals surface area (Å²) in [6, 6.07) is -0.0426. The summed E-state index contributed by atoms with van der Waals surface area (Å²) in [7, 11) is 3.45. The van der Waals surface area contributed by atoms with Crippen molar-refractivity contribution in [3.8, 4) is 0 Å². The smallest absolute Gasteiger partial charge is 0.345 e. The van der Waals surface area contributed by atoms with Crippen molar-refractivity contribution in [2.24, 2.45) is 0 Å². The topological polar surface area (TPSA) is 21.7 Å². The van der Waals surface area contributed by atoms with E-state index in [4.69, 9.17) is 4.74 Å². The first kappa shape index (κ1) is 10.8. The molecule has 78 valence electrons. The first-order chi connectivity index (χ1) is 6.15. The highest BCUT2D eigenvalue weighted by Crippen LogP contribution is 2.21. The van der Waals surface area contributed by atoms with E-state index in [0.717, 1.165) is 6.54 Å². The van der Waals surface area contributed by atoms with E-state index in [2.05, 4.69) is 4.74 Å². The zero-order valence-corrected chi connectivity index (χ0v) is 7.87. The number of rotatable bonds is 4. The lowest BCUT2D eigenvalue weighted by molar-refractivity contribution is -0.170. The van der Waals surface area contributed by atoms with Crippen molar-refractivity contribution in [3.05, 3.63) is 0 Å². The maximum atomic E-state index is 11.9. The largest absolute Gasteiger partial charge is 0.383 e. The lowest BCUT2D eigenvalue weighted by Gasteiger charge is -2.23. The molecule has 0 amide bonds. The van der Waals surface area contributed by atoms with Crippen LogP contribution in [0.3, 0.4) is 0 Å². The minimum absolute atomic E-state index is 0.0426. The average molecular weight is 195 g/mol. The number of nitrogens with zero attached hydrogens (tertiary/aromatic N) is 1. The molecule has 13 heavy (non-hydrogen) atoms. The van der Waals surface area contributed by atoms with Crippen LogP contribution >= 0.6 is 0 Å². The molecule has 1 fully saturated rings. The molecule has 5 heteroatoms. The number of hydrogen-bond donors (Lipinski definition) is 0. The van der Waals surface area contributed by atoms with Crippen molar-refractivity contribution in [2.45, 2.75) is 25.2 Å². The molecule has 0 aliphatic carbocycles. The van der Waals surface area contributed by atoms with Gasteiger partial charge >= 0.3 is 6.61 Å². The van der Waals surface area contributed by atoms with Crippen LogP contribution in [-0.4, -0.2) is 51.0 Å². The van der Waals surface area contributed by atoms with Crippen molar-refractivity contribution in [2.75, 3.05) is 27.3 Å². The van der Waals surface area contributed by atoms with E-state index in [1.807, 2.05) is 11.9 Å². The molecule has 0 spiro atoms. The van der Waals surface area contributed by atoms with Crippen LogP contribution in [0.1, 0.15) is 6.42 Å². The van der Waals surface area contributed by atoms with E-state index in [-0.39, 0.29) is 6.04 Å². The number of methoxy groups -OCH3 is 1. The Bertz CT molecular complexity index is 157. The highest BCUT2D eigenvalue weighted by Gasteiger charge is 2.34. The lowest BCUT2D eigenvalue weighted by Crippen LogP contribution is -2.38. The molecule has 0 radical (unpaired) electrons. The predicted octanol–water partition coefficient (Wildman–Crippen LogP) is 0.945. The average Bonchev–Trinajstić information content (AvgIpc) is 2.35. The van der Waals surface area contributed by atoms with Gasteiger partial charge in [0.1, 0.15) is 0 Å². The Kier molecular flexibility index (Phi) is 4.02. The van der Waals surface area contributed by atoms with Crippen LogP contribution < -0.4 is 0 Å². The van der Waals surface area contributed by atoms with E-state index < -0.39 is 12.7 Å². The van der Waals surface area contributed by atoms with Crippen molar-refractivity contribution in [3.63, 3.8) is 0 Å². The lowest BCUT2D eigenvalue weighted by atomic mass is 10.2. The normalized spacial score (nSPS) is 30.2. The zero-order valence-electron chi connectivity index (χ0n) is 7.87. The van der Waals surface area contributed by atoms with Crippen LogP contribution in [0.15, 0.2) is 0 Å². The summed E-state index contributed by atoms with van der Waals surface area (Å²) in [6.07, 6.45) is 0.249. The fourth-order valence-electron chi connectivity index (χ4n) is 1.67. The van der Waals surface area contributed by atoms with Gasteiger partial charge in [0.2, 0.25) is 0 Å². The van der Waals surface area contributed by atoms with Crippen LogP contribution in [0.4, 0.5) is 8.78 Å². The molecular weight excluding hydrogens is 180 g/mol. The molecule has 0 N–H and O–H groups in total. The first-order valence-corrected chi connectivity index (χ1v) is 4.28. The van der Waals surface area contributed by atoms with Crippen molar-refractivity contribution in [1.29, 1.82) is 0 Å². The molecule has 1 saturated heterocycles. The summed E-state index contributed by atoms with van der Waals surface area (Å²) in [5, 5.41) is 0. The SMILES string of the molecule is COC[C@@H]1[C@@H](OC(F)F)CCN1C. The molecule has 3 nitrogen and oxygen atoms in total. The third-order valence-electron chi connectivity index (χ3n) is 2.38. The summed E-state index contributed by atoms with van der Waals surface area (Å²) in [5.41, 5.74) is 0. The Labute approximate surface area is 76.6 Å². The Hall–Kier alpha value is -0.260. The Balaban J connectivity index is 2.43.